The van der Waals surface area contributed by atoms with Crippen LogP contribution in [0, 0.1) is 58.2 Å². The molecule has 0 amide bonds. The Bertz CT molecular complexity index is 797. The smallest absolute Gasteiger partial charge is 0.162 e. The maximum atomic E-state index is 9.04. The summed E-state index contributed by atoms with van der Waals surface area (Å²) in [6.07, 6.45) is 16.3. The van der Waals surface area contributed by atoms with Gasteiger partial charge in [-0.3, -0.25) is 4.68 Å². The fourth-order valence-electron chi connectivity index (χ4n) is 8.80. The zero-order chi connectivity index (χ0) is 21.4. The molecular weight excluding hydrogens is 382 g/mol. The summed E-state index contributed by atoms with van der Waals surface area (Å²) in [7, 11) is 0. The molecule has 0 aromatic carbocycles. The number of hydrogen-bond acceptors (Lipinski definition) is 3. The number of rotatable bonds is 6. The minimum atomic E-state index is 0.533. The molecule has 31 heavy (non-hydrogen) atoms. The summed E-state index contributed by atoms with van der Waals surface area (Å²) in [6, 6.07) is 3.99. The summed E-state index contributed by atoms with van der Waals surface area (Å²) in [4.78, 5) is 0. The van der Waals surface area contributed by atoms with E-state index in [1.807, 2.05) is 16.9 Å². The number of hydrogen-bond donors (Lipinski definition) is 0. The average molecular weight is 424 g/mol. The van der Waals surface area contributed by atoms with Crippen LogP contribution in [0.15, 0.2) is 12.3 Å². The van der Waals surface area contributed by atoms with Gasteiger partial charge in [-0.15, -0.1) is 0 Å². The van der Waals surface area contributed by atoms with Gasteiger partial charge in [0.05, 0.1) is 0 Å². The van der Waals surface area contributed by atoms with Gasteiger partial charge in [-0.25, -0.2) is 0 Å². The second-order valence-corrected chi connectivity index (χ2v) is 11.5. The minimum Gasteiger partial charge on any atom is -0.381 e. The van der Waals surface area contributed by atoms with Crippen molar-refractivity contribution in [2.45, 2.75) is 84.6 Å². The van der Waals surface area contributed by atoms with E-state index in [2.05, 4.69) is 25.0 Å². The van der Waals surface area contributed by atoms with Crippen molar-refractivity contribution in [2.24, 2.45) is 46.8 Å². The highest BCUT2D eigenvalue weighted by Crippen LogP contribution is 2.65. The van der Waals surface area contributed by atoms with Crippen LogP contribution in [0.2, 0.25) is 0 Å². The number of nitriles is 1. The fraction of sp³-hybridized carbons (Fsp3) is 0.852. The number of fused-ring (bicyclic) bond motifs is 5. The predicted molar refractivity (Wildman–Crippen MR) is 122 cm³/mol. The Kier molecular flexibility index (Phi) is 6.17. The van der Waals surface area contributed by atoms with E-state index in [1.54, 1.807) is 0 Å². The highest BCUT2D eigenvalue weighted by Gasteiger charge is 2.56. The molecule has 4 aliphatic rings. The van der Waals surface area contributed by atoms with Gasteiger partial charge in [0.1, 0.15) is 6.07 Å². The minimum absolute atomic E-state index is 0.533. The van der Waals surface area contributed by atoms with Gasteiger partial charge in [-0.2, -0.15) is 10.4 Å². The lowest BCUT2D eigenvalue weighted by atomic mass is 9.49. The molecule has 1 aromatic rings. The van der Waals surface area contributed by atoms with Crippen molar-refractivity contribution in [1.29, 1.82) is 5.26 Å². The second-order valence-electron chi connectivity index (χ2n) is 11.5. The summed E-state index contributed by atoms with van der Waals surface area (Å²) in [6.45, 7) is 7.61. The van der Waals surface area contributed by atoms with Crippen molar-refractivity contribution in [2.75, 3.05) is 13.2 Å². The van der Waals surface area contributed by atoms with Gasteiger partial charge in [0.25, 0.3) is 0 Å². The molecular formula is C27H41N3O. The number of aromatic nitrogens is 2. The first-order valence-electron chi connectivity index (χ1n) is 13.1. The van der Waals surface area contributed by atoms with Crippen molar-refractivity contribution in [3.05, 3.63) is 18.0 Å². The van der Waals surface area contributed by atoms with E-state index in [0.717, 1.165) is 61.2 Å². The van der Waals surface area contributed by atoms with Crippen LogP contribution in [0.4, 0.5) is 0 Å². The normalized spacial score (nSPS) is 41.8. The second kappa shape index (κ2) is 8.89. The first-order chi connectivity index (χ1) is 15.1. The lowest BCUT2D eigenvalue weighted by Crippen LogP contribution is -2.48. The Balaban J connectivity index is 1.21. The summed E-state index contributed by atoms with van der Waals surface area (Å²) in [5.74, 6) is 6.59. The molecule has 0 N–H and O–H groups in total. The highest BCUT2D eigenvalue weighted by atomic mass is 16.5. The number of ether oxygens (including phenoxy) is 1. The maximum absolute atomic E-state index is 9.04. The Morgan fingerprint density at radius 3 is 2.81 bits per heavy atom. The van der Waals surface area contributed by atoms with Crippen LogP contribution in [0.1, 0.15) is 83.7 Å². The summed E-state index contributed by atoms with van der Waals surface area (Å²) < 4.78 is 7.77. The lowest BCUT2D eigenvalue weighted by molar-refractivity contribution is -0.0737. The maximum Gasteiger partial charge on any atom is 0.162 e. The van der Waals surface area contributed by atoms with Crippen molar-refractivity contribution < 1.29 is 4.74 Å². The molecule has 0 saturated heterocycles. The molecule has 4 nitrogen and oxygen atoms in total. The molecule has 0 bridgehead atoms. The monoisotopic (exact) mass is 423 g/mol. The summed E-state index contributed by atoms with van der Waals surface area (Å²) in [5, 5.41) is 13.4. The molecule has 5 rings (SSSR count). The molecule has 8 atom stereocenters. The zero-order valence-corrected chi connectivity index (χ0v) is 19.6. The third kappa shape index (κ3) is 3.97. The quantitative estimate of drug-likeness (QED) is 0.558. The standard InChI is InChI=1S/C27H41N3O/c1-3-31-18-19-4-7-23-20(16-19)5-8-25-24(23)10-13-27(2)21(6-9-26(25)27)11-14-30-15-12-22(17-28)29-30/h12,15,19-21,23-26H,3-11,13-14,16,18H2,1-2H3/t19-,20+,21+,23-,24?,25+,26?,27+/m0/s1. The van der Waals surface area contributed by atoms with Crippen molar-refractivity contribution in [3.8, 4) is 6.07 Å². The zero-order valence-electron chi connectivity index (χ0n) is 19.6. The van der Waals surface area contributed by atoms with Gasteiger partial charge in [-0.05, 0) is 124 Å². The lowest BCUT2D eigenvalue weighted by Gasteiger charge is -2.56. The van der Waals surface area contributed by atoms with E-state index >= 15 is 0 Å². The van der Waals surface area contributed by atoms with E-state index in [-0.39, 0.29) is 0 Å². The van der Waals surface area contributed by atoms with Gasteiger partial charge < -0.3 is 4.74 Å². The molecule has 4 heteroatoms. The fourth-order valence-corrected chi connectivity index (χ4v) is 8.80. The third-order valence-corrected chi connectivity index (χ3v) is 10.3. The van der Waals surface area contributed by atoms with Crippen LogP contribution in [0.5, 0.6) is 0 Å². The first-order valence-corrected chi connectivity index (χ1v) is 13.1. The molecule has 1 aromatic heterocycles. The van der Waals surface area contributed by atoms with Gasteiger partial charge in [-0.1, -0.05) is 6.92 Å². The van der Waals surface area contributed by atoms with E-state index in [0.29, 0.717) is 11.1 Å². The molecule has 4 saturated carbocycles. The number of aryl methyl sites for hydroxylation is 1. The van der Waals surface area contributed by atoms with Gasteiger partial charge in [0.2, 0.25) is 0 Å². The highest BCUT2D eigenvalue weighted by molar-refractivity contribution is 5.16. The Morgan fingerprint density at radius 2 is 2.00 bits per heavy atom. The Hall–Kier alpha value is -1.34. The van der Waals surface area contributed by atoms with Gasteiger partial charge >= 0.3 is 0 Å². The number of nitrogens with zero attached hydrogens (tertiary/aromatic N) is 3. The van der Waals surface area contributed by atoms with Crippen LogP contribution in [-0.4, -0.2) is 23.0 Å². The van der Waals surface area contributed by atoms with E-state index in [4.69, 9.17) is 10.00 Å². The van der Waals surface area contributed by atoms with Gasteiger partial charge in [0, 0.05) is 26.0 Å². The first kappa shape index (κ1) is 21.5. The van der Waals surface area contributed by atoms with E-state index in [1.165, 1.54) is 64.2 Å². The topological polar surface area (TPSA) is 50.8 Å². The Morgan fingerprint density at radius 1 is 1.13 bits per heavy atom. The molecule has 0 spiro atoms. The summed E-state index contributed by atoms with van der Waals surface area (Å²) in [5.41, 5.74) is 1.08. The SMILES string of the molecule is CCOC[C@H]1CC[C@@H]2C3CC[C@@]4(C)C(CC[C@@H]4CCn4ccc(C#N)n4)[C@@H]3CC[C@@H]2C1. The van der Waals surface area contributed by atoms with Crippen LogP contribution in [-0.2, 0) is 11.3 Å². The van der Waals surface area contributed by atoms with Crippen LogP contribution >= 0.6 is 0 Å². The third-order valence-electron chi connectivity index (χ3n) is 10.3. The van der Waals surface area contributed by atoms with Crippen LogP contribution in [0.25, 0.3) is 0 Å². The molecule has 0 aliphatic heterocycles. The largest absolute Gasteiger partial charge is 0.381 e. The molecule has 0 radical (unpaired) electrons. The van der Waals surface area contributed by atoms with Gasteiger partial charge in [0.15, 0.2) is 5.69 Å². The van der Waals surface area contributed by atoms with E-state index in [9.17, 15) is 0 Å². The molecule has 170 valence electrons. The van der Waals surface area contributed by atoms with Crippen molar-refractivity contribution >= 4 is 0 Å². The Labute approximate surface area is 188 Å². The van der Waals surface area contributed by atoms with Crippen LogP contribution < -0.4 is 0 Å². The average Bonchev–Trinajstić information content (AvgIpc) is 3.39. The van der Waals surface area contributed by atoms with Crippen molar-refractivity contribution in [3.63, 3.8) is 0 Å². The molecule has 4 aliphatic carbocycles. The molecule has 1 heterocycles. The van der Waals surface area contributed by atoms with E-state index < -0.39 is 0 Å². The van der Waals surface area contributed by atoms with Crippen molar-refractivity contribution in [1.82, 2.24) is 9.78 Å². The summed E-state index contributed by atoms with van der Waals surface area (Å²) >= 11 is 0. The molecule has 4 fully saturated rings. The predicted octanol–water partition coefficient (Wildman–Crippen LogP) is 6.07. The van der Waals surface area contributed by atoms with Crippen LogP contribution in [0.3, 0.4) is 0 Å². The molecule has 2 unspecified atom stereocenters.